The van der Waals surface area contributed by atoms with Crippen molar-refractivity contribution in [3.05, 3.63) is 66.2 Å². The topological polar surface area (TPSA) is 65.6 Å². The molecule has 0 aliphatic heterocycles. The lowest BCUT2D eigenvalue weighted by atomic mass is 10.0. The average molecular weight is 431 g/mol. The molecule has 0 saturated heterocycles. The predicted molar refractivity (Wildman–Crippen MR) is 126 cm³/mol. The third-order valence-electron chi connectivity index (χ3n) is 5.48. The first-order valence-corrected chi connectivity index (χ1v) is 10.2. The number of hydrogen-bond acceptors (Lipinski definition) is 5. The lowest BCUT2D eigenvalue weighted by molar-refractivity contribution is 0.389. The molecular weight excluding hydrogens is 404 g/mol. The lowest BCUT2D eigenvalue weighted by Crippen LogP contribution is -1.96. The number of nitrogens with zero attached hydrogens (tertiary/aromatic N) is 1. The van der Waals surface area contributed by atoms with Gasteiger partial charge in [-0.2, -0.15) is 0 Å². The fraction of sp³-hybridized carbons (Fsp3) is 0.192. The zero-order valence-corrected chi connectivity index (χ0v) is 18.9. The minimum absolute atomic E-state index is 0.712. The van der Waals surface area contributed by atoms with Gasteiger partial charge in [-0.05, 0) is 67.6 Å². The van der Waals surface area contributed by atoms with Crippen LogP contribution in [0.2, 0.25) is 0 Å². The largest absolute Gasteiger partial charge is 0.497 e. The van der Waals surface area contributed by atoms with Crippen molar-refractivity contribution in [1.82, 2.24) is 9.97 Å². The van der Waals surface area contributed by atoms with Crippen molar-refractivity contribution >= 4 is 0 Å². The Morgan fingerprint density at radius 3 is 1.78 bits per heavy atom. The SMILES string of the molecule is COc1ccc(-c2nc(-c3ccc(OC)c(C)c3OC)[nH]c2-c2ccc(OC)cc2)cc1. The van der Waals surface area contributed by atoms with Crippen LogP contribution in [0.5, 0.6) is 23.0 Å². The van der Waals surface area contributed by atoms with Crippen LogP contribution in [0.3, 0.4) is 0 Å². The van der Waals surface area contributed by atoms with Crippen LogP contribution in [0.1, 0.15) is 5.56 Å². The molecule has 1 heterocycles. The molecule has 0 bridgehead atoms. The van der Waals surface area contributed by atoms with Crippen molar-refractivity contribution in [3.8, 4) is 56.9 Å². The summed E-state index contributed by atoms with van der Waals surface area (Å²) in [5, 5.41) is 0. The van der Waals surface area contributed by atoms with E-state index in [4.69, 9.17) is 23.9 Å². The summed E-state index contributed by atoms with van der Waals surface area (Å²) in [6.45, 7) is 1.97. The minimum atomic E-state index is 0.712. The molecule has 0 radical (unpaired) electrons. The second-order valence-electron chi connectivity index (χ2n) is 7.24. The van der Waals surface area contributed by atoms with Crippen LogP contribution in [-0.4, -0.2) is 38.4 Å². The molecule has 0 spiro atoms. The van der Waals surface area contributed by atoms with E-state index in [0.29, 0.717) is 5.82 Å². The first kappa shape index (κ1) is 21.3. The predicted octanol–water partition coefficient (Wildman–Crippen LogP) is 5.75. The van der Waals surface area contributed by atoms with Gasteiger partial charge in [0.05, 0.1) is 45.4 Å². The van der Waals surface area contributed by atoms with Crippen LogP contribution in [0.4, 0.5) is 0 Å². The van der Waals surface area contributed by atoms with Crippen molar-refractivity contribution in [2.75, 3.05) is 28.4 Å². The number of rotatable bonds is 7. The summed E-state index contributed by atoms with van der Waals surface area (Å²) >= 11 is 0. The van der Waals surface area contributed by atoms with Gasteiger partial charge >= 0.3 is 0 Å². The maximum atomic E-state index is 5.72. The number of hydrogen-bond donors (Lipinski definition) is 1. The molecule has 0 aliphatic carbocycles. The van der Waals surface area contributed by atoms with Gasteiger partial charge in [-0.3, -0.25) is 0 Å². The molecule has 4 aromatic rings. The minimum Gasteiger partial charge on any atom is -0.497 e. The van der Waals surface area contributed by atoms with Crippen LogP contribution in [-0.2, 0) is 0 Å². The highest BCUT2D eigenvalue weighted by Crippen LogP contribution is 2.40. The molecule has 32 heavy (non-hydrogen) atoms. The molecule has 6 nitrogen and oxygen atoms in total. The number of imidazole rings is 1. The highest BCUT2D eigenvalue weighted by molar-refractivity contribution is 5.83. The molecule has 164 valence electrons. The number of aromatic amines is 1. The van der Waals surface area contributed by atoms with Gasteiger partial charge in [-0.25, -0.2) is 4.98 Å². The molecule has 0 saturated carbocycles. The summed E-state index contributed by atoms with van der Waals surface area (Å²) in [6.07, 6.45) is 0. The van der Waals surface area contributed by atoms with E-state index < -0.39 is 0 Å². The number of ether oxygens (including phenoxy) is 4. The van der Waals surface area contributed by atoms with E-state index in [-0.39, 0.29) is 0 Å². The van der Waals surface area contributed by atoms with E-state index in [2.05, 4.69) is 4.98 Å². The fourth-order valence-corrected chi connectivity index (χ4v) is 3.77. The molecule has 0 aliphatic rings. The van der Waals surface area contributed by atoms with Crippen LogP contribution >= 0.6 is 0 Å². The third-order valence-corrected chi connectivity index (χ3v) is 5.48. The Morgan fingerprint density at radius 1 is 0.656 bits per heavy atom. The van der Waals surface area contributed by atoms with Crippen molar-refractivity contribution in [2.24, 2.45) is 0 Å². The van der Waals surface area contributed by atoms with Crippen molar-refractivity contribution in [2.45, 2.75) is 6.92 Å². The number of H-pyrrole nitrogens is 1. The summed E-state index contributed by atoms with van der Waals surface area (Å²) in [5.74, 6) is 3.79. The summed E-state index contributed by atoms with van der Waals surface area (Å²) in [6, 6.07) is 19.6. The molecule has 4 rings (SSSR count). The number of nitrogens with one attached hydrogen (secondary N) is 1. The summed E-state index contributed by atoms with van der Waals surface area (Å²) < 4.78 is 21.8. The lowest BCUT2D eigenvalue weighted by Gasteiger charge is -2.13. The standard InChI is InChI=1S/C26H26N2O4/c1-16-22(31-4)15-14-21(25(16)32-5)26-27-23(17-6-10-19(29-2)11-7-17)24(28-26)18-8-12-20(30-3)13-9-18/h6-15H,1-5H3,(H,27,28). The van der Waals surface area contributed by atoms with E-state index >= 15 is 0 Å². The smallest absolute Gasteiger partial charge is 0.142 e. The maximum Gasteiger partial charge on any atom is 0.142 e. The first-order valence-electron chi connectivity index (χ1n) is 10.2. The van der Waals surface area contributed by atoms with E-state index in [9.17, 15) is 0 Å². The highest BCUT2D eigenvalue weighted by Gasteiger charge is 2.20. The monoisotopic (exact) mass is 430 g/mol. The van der Waals surface area contributed by atoms with Gasteiger partial charge in [-0.15, -0.1) is 0 Å². The molecule has 6 heteroatoms. The number of aromatic nitrogens is 2. The fourth-order valence-electron chi connectivity index (χ4n) is 3.77. The Kier molecular flexibility index (Phi) is 6.03. The molecule has 1 N–H and O–H groups in total. The van der Waals surface area contributed by atoms with Crippen molar-refractivity contribution in [3.63, 3.8) is 0 Å². The third kappa shape index (κ3) is 3.87. The molecule has 0 fully saturated rings. The molecule has 1 aromatic heterocycles. The van der Waals surface area contributed by atoms with Crippen molar-refractivity contribution in [1.29, 1.82) is 0 Å². The Hall–Kier alpha value is -3.93. The molecular formula is C26H26N2O4. The zero-order chi connectivity index (χ0) is 22.7. The van der Waals surface area contributed by atoms with Crippen molar-refractivity contribution < 1.29 is 18.9 Å². The van der Waals surface area contributed by atoms with E-state index in [1.807, 2.05) is 67.6 Å². The van der Waals surface area contributed by atoms with Gasteiger partial charge in [0, 0.05) is 16.7 Å². The zero-order valence-electron chi connectivity index (χ0n) is 18.9. The Labute approximate surface area is 187 Å². The van der Waals surface area contributed by atoms with E-state index in [1.165, 1.54) is 0 Å². The maximum absolute atomic E-state index is 5.72. The van der Waals surface area contributed by atoms with Gasteiger partial charge in [0.1, 0.15) is 28.8 Å². The van der Waals surface area contributed by atoms with E-state index in [1.54, 1.807) is 28.4 Å². The Balaban J connectivity index is 1.90. The van der Waals surface area contributed by atoms with Gasteiger partial charge in [-0.1, -0.05) is 0 Å². The van der Waals surface area contributed by atoms with Crippen LogP contribution in [0.15, 0.2) is 60.7 Å². The molecule has 3 aromatic carbocycles. The number of methoxy groups -OCH3 is 4. The molecule has 0 unspecified atom stereocenters. The summed E-state index contributed by atoms with van der Waals surface area (Å²) in [4.78, 5) is 8.50. The van der Waals surface area contributed by atoms with Gasteiger partial charge in [0.2, 0.25) is 0 Å². The van der Waals surface area contributed by atoms with Crippen LogP contribution < -0.4 is 18.9 Å². The van der Waals surface area contributed by atoms with Crippen LogP contribution in [0.25, 0.3) is 33.9 Å². The summed E-state index contributed by atoms with van der Waals surface area (Å²) in [7, 11) is 6.62. The molecule has 0 atom stereocenters. The van der Waals surface area contributed by atoms with Gasteiger partial charge in [0.15, 0.2) is 0 Å². The second kappa shape index (κ2) is 9.06. The Morgan fingerprint density at radius 2 is 1.25 bits per heavy atom. The first-order chi connectivity index (χ1) is 15.6. The number of benzene rings is 3. The summed E-state index contributed by atoms with van der Waals surface area (Å²) in [5.41, 5.74) is 5.50. The van der Waals surface area contributed by atoms with E-state index in [0.717, 1.165) is 56.6 Å². The van der Waals surface area contributed by atoms with Gasteiger partial charge < -0.3 is 23.9 Å². The normalized spacial score (nSPS) is 10.7. The average Bonchev–Trinajstić information content (AvgIpc) is 3.29. The molecule has 0 amide bonds. The quantitative estimate of drug-likeness (QED) is 0.404. The Bertz CT molecular complexity index is 1150. The van der Waals surface area contributed by atoms with Crippen LogP contribution in [0, 0.1) is 6.92 Å². The highest BCUT2D eigenvalue weighted by atomic mass is 16.5. The second-order valence-corrected chi connectivity index (χ2v) is 7.24. The van der Waals surface area contributed by atoms with Gasteiger partial charge in [0.25, 0.3) is 0 Å².